The molecule has 2 aliphatic rings. The average Bonchev–Trinajstić information content (AvgIpc) is 3.59. The van der Waals surface area contributed by atoms with Gasteiger partial charge in [-0.15, -0.1) is 0 Å². The Morgan fingerprint density at radius 3 is 2.54 bits per heavy atom. The molecule has 4 rings (SSSR count). The van der Waals surface area contributed by atoms with Gasteiger partial charge >= 0.3 is 6.18 Å². The molecular weight excluding hydrogens is 499 g/mol. The van der Waals surface area contributed by atoms with Crippen molar-refractivity contribution >= 4 is 41.1 Å². The summed E-state index contributed by atoms with van der Waals surface area (Å²) in [5, 5.41) is 18.5. The molecule has 1 aliphatic carbocycles. The van der Waals surface area contributed by atoms with Gasteiger partial charge in [0.2, 0.25) is 0 Å². The normalized spacial score (nSPS) is 17.5. The summed E-state index contributed by atoms with van der Waals surface area (Å²) in [5.74, 6) is -0.538. The smallest absolute Gasteiger partial charge is 0.387 e. The van der Waals surface area contributed by atoms with Crippen molar-refractivity contribution in [2.75, 3.05) is 10.6 Å². The van der Waals surface area contributed by atoms with Crippen LogP contribution in [-0.2, 0) is 6.18 Å². The van der Waals surface area contributed by atoms with E-state index in [2.05, 4.69) is 27.5 Å². The summed E-state index contributed by atoms with van der Waals surface area (Å²) in [5.41, 5.74) is 2.96. The lowest BCUT2D eigenvalue weighted by Crippen LogP contribution is -2.15. The monoisotopic (exact) mass is 525 g/mol. The number of halogens is 3. The molecule has 2 aromatic carbocycles. The van der Waals surface area contributed by atoms with E-state index in [9.17, 15) is 18.0 Å². The number of amides is 1. The number of thioether (sulfide) groups is 1. The Morgan fingerprint density at radius 1 is 1.14 bits per heavy atom. The molecule has 4 N–H and O–H groups in total. The third kappa shape index (κ3) is 6.32. The molecule has 1 fully saturated rings. The largest absolute Gasteiger partial charge is 0.416 e. The van der Waals surface area contributed by atoms with Crippen LogP contribution in [0.1, 0.15) is 39.9 Å². The zero-order chi connectivity index (χ0) is 26.7. The van der Waals surface area contributed by atoms with Gasteiger partial charge in [0.25, 0.3) is 5.91 Å². The molecule has 2 aromatic rings. The minimum Gasteiger partial charge on any atom is -0.387 e. The molecule has 1 aliphatic heterocycles. The number of allylic oxidation sites excluding steroid dienone is 2. The molecule has 0 aromatic heterocycles. The van der Waals surface area contributed by atoms with Crippen LogP contribution in [0.5, 0.6) is 0 Å². The lowest BCUT2D eigenvalue weighted by Gasteiger charge is -2.16. The lowest BCUT2D eigenvalue weighted by molar-refractivity contribution is -0.138. The van der Waals surface area contributed by atoms with Gasteiger partial charge in [0.1, 0.15) is 6.34 Å². The van der Waals surface area contributed by atoms with Gasteiger partial charge in [0.05, 0.1) is 16.2 Å². The van der Waals surface area contributed by atoms with Crippen LogP contribution >= 0.6 is 11.8 Å². The molecule has 1 amide bonds. The van der Waals surface area contributed by atoms with Gasteiger partial charge in [-0.25, -0.2) is 4.99 Å². The van der Waals surface area contributed by atoms with E-state index >= 15 is 0 Å². The van der Waals surface area contributed by atoms with Gasteiger partial charge < -0.3 is 16.0 Å². The first-order chi connectivity index (χ1) is 17.6. The van der Waals surface area contributed by atoms with E-state index in [-0.39, 0.29) is 16.8 Å². The minimum absolute atomic E-state index is 0.0576. The number of rotatable bonds is 8. The number of aryl methyl sites for hydroxylation is 2. The van der Waals surface area contributed by atoms with E-state index < -0.39 is 17.6 Å². The summed E-state index contributed by atoms with van der Waals surface area (Å²) in [6, 6.07) is 9.15. The van der Waals surface area contributed by atoms with Crippen molar-refractivity contribution in [3.05, 3.63) is 93.0 Å². The van der Waals surface area contributed by atoms with Crippen LogP contribution < -0.4 is 16.0 Å². The predicted octanol–water partition coefficient (Wildman–Crippen LogP) is 6.77. The van der Waals surface area contributed by atoms with E-state index in [1.165, 1.54) is 30.8 Å². The second-order valence-corrected chi connectivity index (χ2v) is 9.73. The standard InChI is InChI=1S/C27H26F3N5OS/c1-15-5-7-20(11-22(15)27(28,29)30)35-26(36)18-6-4-16(2)23(10-18)34-17(3)21-13-37-24(25(21)33-14-31)12-32-19-8-9-19/h4-7,10-14,19,31-32,34H,3,8-9H2,1-2H3,(H,35,36)/b24-12-,31-14?,33-25-. The molecule has 0 bridgehead atoms. The molecule has 0 atom stereocenters. The van der Waals surface area contributed by atoms with Gasteiger partial charge in [-0.3, -0.25) is 10.2 Å². The van der Waals surface area contributed by atoms with Gasteiger partial charge in [0, 0.05) is 40.5 Å². The van der Waals surface area contributed by atoms with Crippen LogP contribution in [0.15, 0.2) is 75.8 Å². The first-order valence-electron chi connectivity index (χ1n) is 11.5. The Kier molecular flexibility index (Phi) is 7.58. The highest BCUT2D eigenvalue weighted by Gasteiger charge is 2.32. The molecule has 0 saturated heterocycles. The van der Waals surface area contributed by atoms with E-state index in [0.29, 0.717) is 23.1 Å². The summed E-state index contributed by atoms with van der Waals surface area (Å²) < 4.78 is 39.8. The first-order valence-corrected chi connectivity index (χ1v) is 12.4. The highest BCUT2D eigenvalue weighted by atomic mass is 32.2. The highest BCUT2D eigenvalue weighted by Crippen LogP contribution is 2.36. The van der Waals surface area contributed by atoms with E-state index in [1.54, 1.807) is 18.2 Å². The zero-order valence-electron chi connectivity index (χ0n) is 20.3. The van der Waals surface area contributed by atoms with Crippen molar-refractivity contribution in [3.63, 3.8) is 0 Å². The van der Waals surface area contributed by atoms with E-state index in [0.717, 1.165) is 41.3 Å². The second-order valence-electron chi connectivity index (χ2n) is 8.82. The molecule has 1 heterocycles. The SMILES string of the molecule is C=C(Nc1cc(C(=O)Nc2ccc(C)c(C(F)(F)F)c2)ccc1C)C1=CSC(=C\NC2CC2)/C1=N\C=N. The third-order valence-corrected chi connectivity index (χ3v) is 6.84. The Bertz CT molecular complexity index is 1360. The Morgan fingerprint density at radius 2 is 1.86 bits per heavy atom. The van der Waals surface area contributed by atoms with Crippen molar-refractivity contribution < 1.29 is 18.0 Å². The molecule has 37 heavy (non-hydrogen) atoms. The fourth-order valence-electron chi connectivity index (χ4n) is 3.66. The van der Waals surface area contributed by atoms with Crippen LogP contribution in [0.3, 0.4) is 0 Å². The van der Waals surface area contributed by atoms with Crippen molar-refractivity contribution in [1.82, 2.24) is 5.32 Å². The molecule has 192 valence electrons. The Balaban J connectivity index is 1.50. The molecule has 10 heteroatoms. The van der Waals surface area contributed by atoms with E-state index in [1.807, 2.05) is 18.5 Å². The Labute approximate surface area is 217 Å². The average molecular weight is 526 g/mol. The number of aliphatic imine (C=N–C) groups is 1. The quantitative estimate of drug-likeness (QED) is 0.226. The number of carbonyl (C=O) groups is 1. The number of benzene rings is 2. The van der Waals surface area contributed by atoms with Crippen LogP contribution in [0.25, 0.3) is 0 Å². The van der Waals surface area contributed by atoms with Crippen LogP contribution in [0, 0.1) is 19.3 Å². The van der Waals surface area contributed by atoms with Crippen LogP contribution in [0.4, 0.5) is 24.5 Å². The van der Waals surface area contributed by atoms with E-state index in [4.69, 9.17) is 5.41 Å². The van der Waals surface area contributed by atoms with Gasteiger partial charge in [-0.2, -0.15) is 13.2 Å². The molecule has 0 spiro atoms. The van der Waals surface area contributed by atoms with Crippen LogP contribution in [-0.4, -0.2) is 24.0 Å². The number of hydrogen-bond donors (Lipinski definition) is 4. The maximum Gasteiger partial charge on any atom is 0.416 e. The number of nitrogens with one attached hydrogen (secondary N) is 4. The zero-order valence-corrected chi connectivity index (χ0v) is 21.1. The molecule has 1 saturated carbocycles. The first kappa shape index (κ1) is 26.3. The van der Waals surface area contributed by atoms with Crippen molar-refractivity contribution in [3.8, 4) is 0 Å². The second kappa shape index (κ2) is 10.7. The highest BCUT2D eigenvalue weighted by molar-refractivity contribution is 8.07. The maximum absolute atomic E-state index is 13.3. The fourth-order valence-corrected chi connectivity index (χ4v) is 4.57. The van der Waals surface area contributed by atoms with Crippen molar-refractivity contribution in [1.29, 1.82) is 5.41 Å². The molecule has 6 nitrogen and oxygen atoms in total. The van der Waals surface area contributed by atoms with Gasteiger partial charge in [-0.1, -0.05) is 30.5 Å². The van der Waals surface area contributed by atoms with Crippen molar-refractivity contribution in [2.45, 2.75) is 38.9 Å². The summed E-state index contributed by atoms with van der Waals surface area (Å²) in [4.78, 5) is 18.0. The summed E-state index contributed by atoms with van der Waals surface area (Å²) in [7, 11) is 0. The lowest BCUT2D eigenvalue weighted by atomic mass is 10.1. The Hall–Kier alpha value is -3.79. The molecule has 0 radical (unpaired) electrons. The topological polar surface area (TPSA) is 89.4 Å². The molecular formula is C27H26F3N5OS. The molecule has 0 unspecified atom stereocenters. The number of carbonyl (C=O) groups excluding carboxylic acids is 1. The minimum atomic E-state index is -4.51. The third-order valence-electron chi connectivity index (χ3n) is 5.92. The van der Waals surface area contributed by atoms with Gasteiger partial charge in [-0.05, 0) is 67.5 Å². The maximum atomic E-state index is 13.3. The number of hydrogen-bond acceptors (Lipinski definition) is 5. The summed E-state index contributed by atoms with van der Waals surface area (Å²) in [6.07, 6.45) is 0.654. The number of alkyl halides is 3. The fraction of sp³-hybridized carbons (Fsp3) is 0.222. The predicted molar refractivity (Wildman–Crippen MR) is 144 cm³/mol. The summed E-state index contributed by atoms with van der Waals surface area (Å²) in [6.45, 7) is 7.36. The number of nitrogens with zero attached hydrogens (tertiary/aromatic N) is 1. The van der Waals surface area contributed by atoms with Gasteiger partial charge in [0.15, 0.2) is 0 Å². The number of anilines is 2. The van der Waals surface area contributed by atoms with Crippen LogP contribution in [0.2, 0.25) is 0 Å². The van der Waals surface area contributed by atoms with Crippen molar-refractivity contribution in [2.24, 2.45) is 4.99 Å². The summed E-state index contributed by atoms with van der Waals surface area (Å²) >= 11 is 1.48.